The average Bonchev–Trinajstić information content (AvgIpc) is 3.74. The molecule has 0 bridgehead atoms. The molecule has 182 valence electrons. The molecule has 5 rings (SSSR count). The SMILES string of the molecule is CCOc1cncc(-c2ccc(NC(=O)C3(c4ccnc(NSC5CC5)n4)CCOCC3)nc2)n1. The second kappa shape index (κ2) is 10.5. The number of hydrogen-bond donors (Lipinski definition) is 2. The largest absolute Gasteiger partial charge is 0.477 e. The van der Waals surface area contributed by atoms with E-state index in [-0.39, 0.29) is 5.91 Å². The standard InChI is InChI=1S/C24H27N7O3S/c1-2-34-21-15-25-14-18(28-21)16-3-6-20(27-13-16)30-22(32)24(8-11-33-12-9-24)19-7-10-26-23(29-19)31-35-17-4-5-17/h3,6-7,10,13-15,17H,2,4-5,8-9,11-12H2,1H3,(H,26,29,31)(H,27,30,32). The van der Waals surface area contributed by atoms with Crippen molar-refractivity contribution >= 4 is 29.6 Å². The van der Waals surface area contributed by atoms with Gasteiger partial charge >= 0.3 is 0 Å². The van der Waals surface area contributed by atoms with Crippen LogP contribution in [-0.2, 0) is 14.9 Å². The summed E-state index contributed by atoms with van der Waals surface area (Å²) in [5.74, 6) is 1.28. The molecule has 0 radical (unpaired) electrons. The number of aromatic nitrogens is 5. The number of ether oxygens (including phenoxy) is 2. The highest BCUT2D eigenvalue weighted by molar-refractivity contribution is 8.01. The molecule has 10 nitrogen and oxygen atoms in total. The normalized spacial score (nSPS) is 16.9. The quantitative estimate of drug-likeness (QED) is 0.427. The molecule has 0 atom stereocenters. The maximum absolute atomic E-state index is 13.6. The Bertz CT molecular complexity index is 1170. The lowest BCUT2D eigenvalue weighted by Gasteiger charge is -2.35. The fourth-order valence-corrected chi connectivity index (χ4v) is 4.62. The van der Waals surface area contributed by atoms with E-state index >= 15 is 0 Å². The summed E-state index contributed by atoms with van der Waals surface area (Å²) in [5.41, 5.74) is 1.29. The van der Waals surface area contributed by atoms with Crippen LogP contribution in [0.5, 0.6) is 5.88 Å². The van der Waals surface area contributed by atoms with Crippen LogP contribution < -0.4 is 14.8 Å². The van der Waals surface area contributed by atoms with Gasteiger partial charge in [0.1, 0.15) is 5.82 Å². The molecule has 0 aromatic carbocycles. The van der Waals surface area contributed by atoms with E-state index in [0.29, 0.717) is 66.9 Å². The Morgan fingerprint density at radius 1 is 1.14 bits per heavy atom. The van der Waals surface area contributed by atoms with E-state index in [9.17, 15) is 4.79 Å². The maximum atomic E-state index is 13.6. The minimum atomic E-state index is -0.820. The Kier molecular flexibility index (Phi) is 7.05. The third kappa shape index (κ3) is 5.51. The average molecular weight is 494 g/mol. The molecular formula is C24H27N7O3S. The molecule has 1 saturated carbocycles. The van der Waals surface area contributed by atoms with E-state index < -0.39 is 5.41 Å². The predicted molar refractivity (Wildman–Crippen MR) is 133 cm³/mol. The minimum absolute atomic E-state index is 0.154. The molecule has 1 aliphatic heterocycles. The molecule has 35 heavy (non-hydrogen) atoms. The Labute approximate surface area is 207 Å². The van der Waals surface area contributed by atoms with E-state index in [1.54, 1.807) is 42.8 Å². The van der Waals surface area contributed by atoms with Crippen LogP contribution in [0.25, 0.3) is 11.3 Å². The van der Waals surface area contributed by atoms with Gasteiger partial charge in [0.25, 0.3) is 0 Å². The third-order valence-corrected chi connectivity index (χ3v) is 7.08. The van der Waals surface area contributed by atoms with Crippen LogP contribution in [0.3, 0.4) is 0 Å². The number of nitrogens with zero attached hydrogens (tertiary/aromatic N) is 5. The van der Waals surface area contributed by atoms with Crippen LogP contribution in [0.2, 0.25) is 0 Å². The first-order valence-corrected chi connectivity index (χ1v) is 12.6. The van der Waals surface area contributed by atoms with Gasteiger partial charge in [-0.1, -0.05) is 0 Å². The van der Waals surface area contributed by atoms with Crippen LogP contribution in [0.15, 0.2) is 43.0 Å². The zero-order valence-electron chi connectivity index (χ0n) is 19.4. The smallest absolute Gasteiger partial charge is 0.237 e. The topological polar surface area (TPSA) is 124 Å². The van der Waals surface area contributed by atoms with Crippen molar-refractivity contribution in [3.05, 3.63) is 48.7 Å². The molecule has 1 aliphatic carbocycles. The second-order valence-electron chi connectivity index (χ2n) is 8.44. The number of anilines is 2. The minimum Gasteiger partial charge on any atom is -0.477 e. The molecule has 0 unspecified atom stereocenters. The molecule has 1 saturated heterocycles. The first-order valence-electron chi connectivity index (χ1n) is 11.7. The summed E-state index contributed by atoms with van der Waals surface area (Å²) >= 11 is 1.64. The zero-order valence-corrected chi connectivity index (χ0v) is 20.3. The van der Waals surface area contributed by atoms with Gasteiger partial charge < -0.3 is 14.8 Å². The maximum Gasteiger partial charge on any atom is 0.237 e. The summed E-state index contributed by atoms with van der Waals surface area (Å²) in [4.78, 5) is 35.7. The van der Waals surface area contributed by atoms with Gasteiger partial charge in [0.15, 0.2) is 0 Å². The summed E-state index contributed by atoms with van der Waals surface area (Å²) < 4.78 is 14.2. The van der Waals surface area contributed by atoms with Gasteiger partial charge in [-0.05, 0) is 62.8 Å². The molecule has 1 amide bonds. The fourth-order valence-electron chi connectivity index (χ4n) is 3.88. The number of carbonyl (C=O) groups is 1. The highest BCUT2D eigenvalue weighted by atomic mass is 32.2. The van der Waals surface area contributed by atoms with Gasteiger partial charge in [-0.2, -0.15) is 0 Å². The van der Waals surface area contributed by atoms with E-state index in [1.807, 2.05) is 19.1 Å². The molecule has 0 spiro atoms. The van der Waals surface area contributed by atoms with Crippen molar-refractivity contribution < 1.29 is 14.3 Å². The number of amides is 1. The van der Waals surface area contributed by atoms with E-state index in [4.69, 9.17) is 14.5 Å². The fraction of sp³-hybridized carbons (Fsp3) is 0.417. The number of carbonyl (C=O) groups excluding carboxylic acids is 1. The Morgan fingerprint density at radius 2 is 2.00 bits per heavy atom. The molecule has 2 N–H and O–H groups in total. The van der Waals surface area contributed by atoms with E-state index in [0.717, 1.165) is 5.56 Å². The van der Waals surface area contributed by atoms with Crippen molar-refractivity contribution in [2.45, 2.75) is 43.3 Å². The van der Waals surface area contributed by atoms with Crippen LogP contribution >= 0.6 is 11.9 Å². The highest BCUT2D eigenvalue weighted by Crippen LogP contribution is 2.37. The van der Waals surface area contributed by atoms with Crippen LogP contribution in [0.4, 0.5) is 11.8 Å². The van der Waals surface area contributed by atoms with Crippen molar-refractivity contribution in [2.24, 2.45) is 0 Å². The molecule has 2 aliphatic rings. The Morgan fingerprint density at radius 3 is 2.74 bits per heavy atom. The third-order valence-electron chi connectivity index (χ3n) is 5.97. The summed E-state index contributed by atoms with van der Waals surface area (Å²) in [5, 5.41) is 3.60. The molecule has 3 aromatic rings. The first kappa shape index (κ1) is 23.4. The summed E-state index contributed by atoms with van der Waals surface area (Å²) in [7, 11) is 0. The van der Waals surface area contributed by atoms with Crippen molar-refractivity contribution in [2.75, 3.05) is 29.9 Å². The summed E-state index contributed by atoms with van der Waals surface area (Å²) in [6.07, 6.45) is 10.1. The van der Waals surface area contributed by atoms with Gasteiger partial charge in [-0.3, -0.25) is 14.5 Å². The molecule has 11 heteroatoms. The summed E-state index contributed by atoms with van der Waals surface area (Å²) in [6.45, 7) is 3.37. The van der Waals surface area contributed by atoms with Gasteiger partial charge in [0.2, 0.25) is 17.7 Å². The van der Waals surface area contributed by atoms with Crippen LogP contribution in [0.1, 0.15) is 38.3 Å². The lowest BCUT2D eigenvalue weighted by atomic mass is 9.76. The van der Waals surface area contributed by atoms with Crippen molar-refractivity contribution in [3.8, 4) is 17.1 Å². The van der Waals surface area contributed by atoms with Gasteiger partial charge in [0, 0.05) is 36.4 Å². The number of nitrogens with one attached hydrogen (secondary N) is 2. The molecule has 2 fully saturated rings. The number of pyridine rings is 1. The van der Waals surface area contributed by atoms with E-state index in [2.05, 4.69) is 30.0 Å². The first-order chi connectivity index (χ1) is 17.2. The Hall–Kier alpha value is -3.31. The monoisotopic (exact) mass is 493 g/mol. The lowest BCUT2D eigenvalue weighted by Crippen LogP contribution is -2.45. The lowest BCUT2D eigenvalue weighted by molar-refractivity contribution is -0.125. The molecular weight excluding hydrogens is 466 g/mol. The van der Waals surface area contributed by atoms with Crippen LogP contribution in [-0.4, -0.2) is 55.9 Å². The van der Waals surface area contributed by atoms with E-state index in [1.165, 1.54) is 12.8 Å². The molecule has 3 aromatic heterocycles. The van der Waals surface area contributed by atoms with Gasteiger partial charge in [-0.25, -0.2) is 19.9 Å². The van der Waals surface area contributed by atoms with Crippen molar-refractivity contribution in [1.29, 1.82) is 0 Å². The van der Waals surface area contributed by atoms with Crippen molar-refractivity contribution in [3.63, 3.8) is 0 Å². The summed E-state index contributed by atoms with van der Waals surface area (Å²) in [6, 6.07) is 5.42. The number of hydrogen-bond acceptors (Lipinski definition) is 10. The van der Waals surface area contributed by atoms with Crippen molar-refractivity contribution in [1.82, 2.24) is 24.9 Å². The highest BCUT2D eigenvalue weighted by Gasteiger charge is 2.43. The second-order valence-corrected chi connectivity index (χ2v) is 9.55. The van der Waals surface area contributed by atoms with Gasteiger partial charge in [0.05, 0.1) is 35.8 Å². The molecule has 4 heterocycles. The number of rotatable bonds is 9. The zero-order chi connectivity index (χ0) is 24.1. The predicted octanol–water partition coefficient (Wildman–Crippen LogP) is 3.64. The van der Waals surface area contributed by atoms with Crippen LogP contribution in [0, 0.1) is 0 Å². The van der Waals surface area contributed by atoms with Gasteiger partial charge in [-0.15, -0.1) is 0 Å². The Balaban J connectivity index is 1.33.